The summed E-state index contributed by atoms with van der Waals surface area (Å²) in [5.74, 6) is -1.06. The fraction of sp³-hybridized carbons (Fsp3) is 0. The third-order valence-corrected chi connectivity index (χ3v) is 2.87. The molecule has 108 valence electrons. The molecule has 0 amide bonds. The van der Waals surface area contributed by atoms with E-state index < -0.39 is 16.5 Å². The molecule has 0 aliphatic carbocycles. The molecule has 0 aliphatic rings. The van der Waals surface area contributed by atoms with Crippen molar-refractivity contribution < 1.29 is 14.1 Å². The SMILES string of the molecule is N#CC(=Cc1ccc(F)cc1)C(=O)c1cccc([N+](=O)[O-])c1. The second-order valence-corrected chi connectivity index (χ2v) is 4.36. The van der Waals surface area contributed by atoms with Crippen LogP contribution >= 0.6 is 0 Å². The number of allylic oxidation sites excluding steroid dienone is 1. The van der Waals surface area contributed by atoms with Gasteiger partial charge in [-0.25, -0.2) is 4.39 Å². The lowest BCUT2D eigenvalue weighted by Gasteiger charge is -2.00. The van der Waals surface area contributed by atoms with Crippen molar-refractivity contribution in [2.24, 2.45) is 0 Å². The average Bonchev–Trinajstić information content (AvgIpc) is 2.53. The molecule has 2 rings (SSSR count). The van der Waals surface area contributed by atoms with Gasteiger partial charge in [-0.15, -0.1) is 0 Å². The zero-order valence-corrected chi connectivity index (χ0v) is 11.2. The van der Waals surface area contributed by atoms with Crippen LogP contribution in [0.3, 0.4) is 0 Å². The molecule has 0 aromatic heterocycles. The Hall–Kier alpha value is -3.33. The second kappa shape index (κ2) is 6.41. The lowest BCUT2D eigenvalue weighted by Crippen LogP contribution is -2.02. The standard InChI is InChI=1S/C16H9FN2O3/c17-14-6-4-11(5-7-14)8-13(10-18)16(20)12-2-1-3-15(9-12)19(21)22/h1-9H. The molecule has 0 fully saturated rings. The minimum Gasteiger partial charge on any atom is -0.288 e. The van der Waals surface area contributed by atoms with E-state index >= 15 is 0 Å². The second-order valence-electron chi connectivity index (χ2n) is 4.36. The van der Waals surface area contributed by atoms with Crippen molar-refractivity contribution in [2.75, 3.05) is 0 Å². The van der Waals surface area contributed by atoms with Gasteiger partial charge in [-0.2, -0.15) is 5.26 Å². The van der Waals surface area contributed by atoms with Gasteiger partial charge in [-0.3, -0.25) is 14.9 Å². The predicted octanol–water partition coefficient (Wildman–Crippen LogP) is 3.52. The van der Waals surface area contributed by atoms with E-state index in [4.69, 9.17) is 5.26 Å². The molecular weight excluding hydrogens is 287 g/mol. The lowest BCUT2D eigenvalue weighted by atomic mass is 10.0. The first-order valence-electron chi connectivity index (χ1n) is 6.18. The Kier molecular flexibility index (Phi) is 4.39. The van der Waals surface area contributed by atoms with Crippen LogP contribution in [0.5, 0.6) is 0 Å². The summed E-state index contributed by atoms with van der Waals surface area (Å²) in [6, 6.07) is 12.2. The summed E-state index contributed by atoms with van der Waals surface area (Å²) in [6.07, 6.45) is 1.31. The highest BCUT2D eigenvalue weighted by Gasteiger charge is 2.15. The molecule has 22 heavy (non-hydrogen) atoms. The molecule has 2 aromatic rings. The maximum absolute atomic E-state index is 12.8. The van der Waals surface area contributed by atoms with E-state index in [1.54, 1.807) is 6.07 Å². The van der Waals surface area contributed by atoms with Gasteiger partial charge < -0.3 is 0 Å². The fourth-order valence-electron chi connectivity index (χ4n) is 1.79. The van der Waals surface area contributed by atoms with E-state index in [1.807, 2.05) is 0 Å². The van der Waals surface area contributed by atoms with Gasteiger partial charge >= 0.3 is 0 Å². The van der Waals surface area contributed by atoms with E-state index in [9.17, 15) is 19.3 Å². The molecule has 0 aliphatic heterocycles. The van der Waals surface area contributed by atoms with Crippen LogP contribution in [-0.4, -0.2) is 10.7 Å². The van der Waals surface area contributed by atoms with Crippen molar-refractivity contribution in [3.8, 4) is 6.07 Å². The van der Waals surface area contributed by atoms with E-state index in [2.05, 4.69) is 0 Å². The Morgan fingerprint density at radius 3 is 2.50 bits per heavy atom. The number of benzene rings is 2. The summed E-state index contributed by atoms with van der Waals surface area (Å²) < 4.78 is 12.8. The van der Waals surface area contributed by atoms with Crippen LogP contribution in [0.1, 0.15) is 15.9 Å². The number of non-ortho nitro benzene ring substituents is 1. The molecule has 0 saturated carbocycles. The molecule has 0 saturated heterocycles. The third kappa shape index (κ3) is 3.41. The number of nitrogens with zero attached hydrogens (tertiary/aromatic N) is 2. The Labute approximate surface area is 125 Å². The first-order chi connectivity index (χ1) is 10.5. The quantitative estimate of drug-likeness (QED) is 0.284. The minimum atomic E-state index is -0.629. The summed E-state index contributed by atoms with van der Waals surface area (Å²) >= 11 is 0. The summed E-state index contributed by atoms with van der Waals surface area (Å²) in [5.41, 5.74) is 0.109. The Balaban J connectivity index is 2.37. The highest BCUT2D eigenvalue weighted by molar-refractivity contribution is 6.14. The highest BCUT2D eigenvalue weighted by atomic mass is 19.1. The molecule has 0 bridgehead atoms. The molecule has 0 atom stereocenters. The summed E-state index contributed by atoms with van der Waals surface area (Å²) in [6.45, 7) is 0. The number of hydrogen-bond donors (Lipinski definition) is 0. The van der Waals surface area contributed by atoms with Gasteiger partial charge in [0, 0.05) is 17.7 Å². The predicted molar refractivity (Wildman–Crippen MR) is 77.4 cm³/mol. The monoisotopic (exact) mass is 296 g/mol. The van der Waals surface area contributed by atoms with Crippen molar-refractivity contribution in [1.82, 2.24) is 0 Å². The van der Waals surface area contributed by atoms with Crippen LogP contribution < -0.4 is 0 Å². The van der Waals surface area contributed by atoms with Gasteiger partial charge in [0.25, 0.3) is 5.69 Å². The van der Waals surface area contributed by atoms with Crippen LogP contribution in [0.15, 0.2) is 54.1 Å². The first kappa shape index (κ1) is 15.1. The normalized spacial score (nSPS) is 10.8. The Bertz CT molecular complexity index is 805. The zero-order valence-electron chi connectivity index (χ0n) is 11.2. The number of ketones is 1. The largest absolute Gasteiger partial charge is 0.288 e. The zero-order chi connectivity index (χ0) is 16.1. The molecule has 0 radical (unpaired) electrons. The minimum absolute atomic E-state index is 0.0455. The smallest absolute Gasteiger partial charge is 0.270 e. The molecule has 0 heterocycles. The van der Waals surface area contributed by atoms with E-state index in [0.717, 1.165) is 6.07 Å². The lowest BCUT2D eigenvalue weighted by molar-refractivity contribution is -0.384. The Morgan fingerprint density at radius 1 is 1.23 bits per heavy atom. The van der Waals surface area contributed by atoms with Crippen LogP contribution in [-0.2, 0) is 0 Å². The molecule has 0 N–H and O–H groups in total. The van der Waals surface area contributed by atoms with Crippen LogP contribution in [0.4, 0.5) is 10.1 Å². The van der Waals surface area contributed by atoms with Gasteiger partial charge in [0.1, 0.15) is 17.5 Å². The molecule has 2 aromatic carbocycles. The number of nitro benzene ring substituents is 1. The van der Waals surface area contributed by atoms with Crippen molar-refractivity contribution in [3.05, 3.63) is 81.2 Å². The Morgan fingerprint density at radius 2 is 1.91 bits per heavy atom. The van der Waals surface area contributed by atoms with Gasteiger partial charge in [0.05, 0.1) is 4.92 Å². The molecule has 0 spiro atoms. The summed E-state index contributed by atoms with van der Waals surface area (Å²) in [5, 5.41) is 19.8. The number of halogens is 1. The fourth-order valence-corrected chi connectivity index (χ4v) is 1.79. The maximum Gasteiger partial charge on any atom is 0.270 e. The number of nitro groups is 1. The van der Waals surface area contributed by atoms with Crippen molar-refractivity contribution >= 4 is 17.5 Å². The molecule has 0 unspecified atom stereocenters. The highest BCUT2D eigenvalue weighted by Crippen LogP contribution is 2.17. The van der Waals surface area contributed by atoms with Gasteiger partial charge in [0.2, 0.25) is 5.78 Å². The molecule has 5 nitrogen and oxygen atoms in total. The maximum atomic E-state index is 12.8. The van der Waals surface area contributed by atoms with Crippen LogP contribution in [0.2, 0.25) is 0 Å². The number of Topliss-reactive ketones (excluding diaryl/α,β-unsaturated/α-hetero) is 1. The van der Waals surface area contributed by atoms with Gasteiger partial charge in [-0.05, 0) is 23.8 Å². The summed E-state index contributed by atoms with van der Waals surface area (Å²) in [4.78, 5) is 22.3. The number of carbonyl (C=O) groups excluding carboxylic acids is 1. The molecule has 6 heteroatoms. The topological polar surface area (TPSA) is 84.0 Å². The van der Waals surface area contributed by atoms with Gasteiger partial charge in [-0.1, -0.05) is 24.3 Å². The number of rotatable bonds is 4. The van der Waals surface area contributed by atoms with E-state index in [1.165, 1.54) is 48.5 Å². The van der Waals surface area contributed by atoms with Crippen molar-refractivity contribution in [2.45, 2.75) is 0 Å². The number of carbonyl (C=O) groups is 1. The van der Waals surface area contributed by atoms with Crippen molar-refractivity contribution in [1.29, 1.82) is 5.26 Å². The number of nitriles is 1. The average molecular weight is 296 g/mol. The summed E-state index contributed by atoms with van der Waals surface area (Å²) in [7, 11) is 0. The van der Waals surface area contributed by atoms with Crippen molar-refractivity contribution in [3.63, 3.8) is 0 Å². The number of hydrogen-bond acceptors (Lipinski definition) is 4. The van der Waals surface area contributed by atoms with E-state index in [-0.39, 0.29) is 16.8 Å². The third-order valence-electron chi connectivity index (χ3n) is 2.87. The van der Waals surface area contributed by atoms with Crippen LogP contribution in [0.25, 0.3) is 6.08 Å². The molecular formula is C16H9FN2O3. The first-order valence-corrected chi connectivity index (χ1v) is 6.18. The van der Waals surface area contributed by atoms with E-state index in [0.29, 0.717) is 5.56 Å². The van der Waals surface area contributed by atoms with Gasteiger partial charge in [0.15, 0.2) is 0 Å². The van der Waals surface area contributed by atoms with Crippen LogP contribution in [0, 0.1) is 27.3 Å².